The van der Waals surface area contributed by atoms with E-state index in [4.69, 9.17) is 4.74 Å². The van der Waals surface area contributed by atoms with Crippen LogP contribution in [0.5, 0.6) is 0 Å². The highest BCUT2D eigenvalue weighted by atomic mass is 16.5. The highest BCUT2D eigenvalue weighted by Gasteiger charge is 2.19. The molecule has 2 aliphatic rings. The van der Waals surface area contributed by atoms with Crippen molar-refractivity contribution in [1.29, 1.82) is 0 Å². The monoisotopic (exact) mass is 340 g/mol. The molecule has 0 aromatic heterocycles. The van der Waals surface area contributed by atoms with Crippen LogP contribution < -0.4 is 10.6 Å². The molecule has 1 aliphatic heterocycles. The summed E-state index contributed by atoms with van der Waals surface area (Å²) >= 11 is 0. The van der Waals surface area contributed by atoms with E-state index in [1.54, 1.807) is 6.21 Å². The number of ether oxygens (including phenoxy) is 1. The molecule has 4 heteroatoms. The first kappa shape index (κ1) is 15.0. The lowest BCUT2D eigenvalue weighted by Gasteiger charge is -2.17. The van der Waals surface area contributed by atoms with Crippen molar-refractivity contribution in [1.82, 2.24) is 0 Å². The molecule has 1 aliphatic carbocycles. The van der Waals surface area contributed by atoms with Crippen LogP contribution in [-0.2, 0) is 22.6 Å². The molecule has 5 rings (SSSR count). The van der Waals surface area contributed by atoms with E-state index in [1.165, 1.54) is 0 Å². The first-order chi connectivity index (χ1) is 12.8. The predicted octanol–water partition coefficient (Wildman–Crippen LogP) is 2.65. The van der Waals surface area contributed by atoms with E-state index in [2.05, 4.69) is 28.4 Å². The minimum absolute atomic E-state index is 0.186. The second kappa shape index (κ2) is 5.92. The summed E-state index contributed by atoms with van der Waals surface area (Å²) in [5.74, 6) is 0.951. The second-order valence-electron chi connectivity index (χ2n) is 6.66. The third-order valence-electron chi connectivity index (χ3n) is 4.92. The summed E-state index contributed by atoms with van der Waals surface area (Å²) in [4.78, 5) is 12.3. The Labute approximate surface area is 150 Å². The number of carbonyl (C=O) groups is 1. The standard InChI is InChI=1S/C22H16N2O2/c25-17-8-16-10-18-15(6-7-21-20(18)12-23-24-21)9-19(16)22(11-17)26-13-14-4-2-1-3-5-14/h1-7,9-10,12H,8,11,13H2. The zero-order valence-electron chi connectivity index (χ0n) is 14.1. The van der Waals surface area contributed by atoms with Gasteiger partial charge in [-0.25, -0.2) is 0 Å². The fourth-order valence-corrected chi connectivity index (χ4v) is 3.63. The quantitative estimate of drug-likeness (QED) is 0.736. The average Bonchev–Trinajstić information content (AvgIpc) is 3.15. The number of Topliss-reactive ketones (excluding diaryl/α,β-unsaturated/α-hetero) is 1. The maximum Gasteiger partial charge on any atom is 0.144 e. The van der Waals surface area contributed by atoms with Crippen molar-refractivity contribution in [2.45, 2.75) is 19.4 Å². The van der Waals surface area contributed by atoms with Gasteiger partial charge >= 0.3 is 0 Å². The Hall–Kier alpha value is -3.27. The third-order valence-corrected chi connectivity index (χ3v) is 4.92. The molecule has 0 atom stereocenters. The number of nitrogens with zero attached hydrogens (tertiary/aromatic N) is 2. The average molecular weight is 340 g/mol. The number of hydrogen-bond acceptors (Lipinski definition) is 4. The van der Waals surface area contributed by atoms with E-state index >= 15 is 0 Å². The maximum absolute atomic E-state index is 12.3. The van der Waals surface area contributed by atoms with Gasteiger partial charge in [-0.05, 0) is 40.1 Å². The van der Waals surface area contributed by atoms with E-state index in [9.17, 15) is 4.79 Å². The Balaban J connectivity index is 1.64. The normalized spacial score (nSPS) is 14.9. The van der Waals surface area contributed by atoms with Crippen molar-refractivity contribution >= 4 is 28.5 Å². The van der Waals surface area contributed by atoms with Gasteiger partial charge in [0, 0.05) is 17.2 Å². The number of hydrogen-bond donors (Lipinski definition) is 0. The summed E-state index contributed by atoms with van der Waals surface area (Å²) in [7, 11) is 0. The van der Waals surface area contributed by atoms with Crippen molar-refractivity contribution in [2.24, 2.45) is 10.2 Å². The lowest BCUT2D eigenvalue weighted by molar-refractivity contribution is -0.118. The largest absolute Gasteiger partial charge is 0.492 e. The van der Waals surface area contributed by atoms with E-state index < -0.39 is 0 Å². The molecule has 1 heterocycles. The van der Waals surface area contributed by atoms with Gasteiger partial charge in [0.1, 0.15) is 18.1 Å². The molecule has 0 bridgehead atoms. The first-order valence-corrected chi connectivity index (χ1v) is 8.66. The molecule has 0 saturated heterocycles. The molecule has 0 N–H and O–H groups in total. The number of ketones is 1. The molecule has 0 unspecified atom stereocenters. The van der Waals surface area contributed by atoms with Crippen molar-refractivity contribution in [3.63, 3.8) is 0 Å². The zero-order valence-corrected chi connectivity index (χ0v) is 14.1. The third kappa shape index (κ3) is 2.51. The summed E-state index contributed by atoms with van der Waals surface area (Å²) < 4.78 is 6.06. The van der Waals surface area contributed by atoms with E-state index in [1.807, 2.05) is 36.4 Å². The molecule has 0 fully saturated rings. The molecule has 0 amide bonds. The van der Waals surface area contributed by atoms with Gasteiger partial charge in [0.25, 0.3) is 0 Å². The van der Waals surface area contributed by atoms with Crippen molar-refractivity contribution in [2.75, 3.05) is 0 Å². The molecule has 126 valence electrons. The highest BCUT2D eigenvalue weighted by molar-refractivity contribution is 6.01. The summed E-state index contributed by atoms with van der Waals surface area (Å²) in [6, 6.07) is 18.3. The van der Waals surface area contributed by atoms with Gasteiger partial charge in [-0.1, -0.05) is 36.4 Å². The first-order valence-electron chi connectivity index (χ1n) is 8.66. The van der Waals surface area contributed by atoms with Crippen LogP contribution in [0.4, 0.5) is 0 Å². The molecule has 26 heavy (non-hydrogen) atoms. The number of rotatable bonds is 3. The predicted molar refractivity (Wildman–Crippen MR) is 100 cm³/mol. The summed E-state index contributed by atoms with van der Waals surface area (Å²) in [6.07, 6.45) is 2.58. The smallest absolute Gasteiger partial charge is 0.144 e. The van der Waals surface area contributed by atoms with Crippen LogP contribution in [0.15, 0.2) is 64.8 Å². The van der Waals surface area contributed by atoms with Crippen LogP contribution in [0.1, 0.15) is 23.1 Å². The molecule has 0 saturated carbocycles. The fourth-order valence-electron chi connectivity index (χ4n) is 3.63. The lowest BCUT2D eigenvalue weighted by atomic mass is 9.92. The van der Waals surface area contributed by atoms with E-state index in [0.29, 0.717) is 19.4 Å². The second-order valence-corrected chi connectivity index (χ2v) is 6.66. The number of carbonyl (C=O) groups excluding carboxylic acids is 1. The van der Waals surface area contributed by atoms with Gasteiger partial charge in [-0.2, -0.15) is 10.2 Å². The van der Waals surface area contributed by atoms with Gasteiger partial charge in [-0.15, -0.1) is 0 Å². The summed E-state index contributed by atoms with van der Waals surface area (Å²) in [6.45, 7) is 0.469. The highest BCUT2D eigenvalue weighted by Crippen LogP contribution is 2.21. The Kier molecular flexibility index (Phi) is 3.42. The van der Waals surface area contributed by atoms with Crippen molar-refractivity contribution < 1.29 is 9.53 Å². The van der Waals surface area contributed by atoms with E-state index in [-0.39, 0.29) is 5.78 Å². The van der Waals surface area contributed by atoms with Crippen LogP contribution in [0, 0.1) is 0 Å². The van der Waals surface area contributed by atoms with Crippen LogP contribution in [-0.4, -0.2) is 12.0 Å². The molecule has 4 nitrogen and oxygen atoms in total. The minimum Gasteiger partial charge on any atom is -0.492 e. The Morgan fingerprint density at radius 1 is 1.00 bits per heavy atom. The Morgan fingerprint density at radius 2 is 1.88 bits per heavy atom. The van der Waals surface area contributed by atoms with Gasteiger partial charge in [-0.3, -0.25) is 4.79 Å². The summed E-state index contributed by atoms with van der Waals surface area (Å²) in [5, 5.41) is 12.3. The van der Waals surface area contributed by atoms with Crippen molar-refractivity contribution in [3.05, 3.63) is 81.9 Å². The lowest BCUT2D eigenvalue weighted by Crippen LogP contribution is -2.25. The number of fused-ring (bicyclic) bond motifs is 4. The molecular formula is C22H16N2O2. The van der Waals surface area contributed by atoms with Crippen LogP contribution >= 0.6 is 0 Å². The minimum atomic E-state index is 0.186. The summed E-state index contributed by atoms with van der Waals surface area (Å²) in [5.41, 5.74) is 3.14. The SMILES string of the molecule is O=C1CC(OCc2ccccc2)=c2cc3ccc4c(c3cc2C1)C=NN=4. The molecule has 0 spiro atoms. The molecule has 3 aromatic carbocycles. The molecule has 0 radical (unpaired) electrons. The maximum atomic E-state index is 12.3. The van der Waals surface area contributed by atoms with Gasteiger partial charge < -0.3 is 4.74 Å². The van der Waals surface area contributed by atoms with Crippen molar-refractivity contribution in [3.8, 4) is 0 Å². The zero-order chi connectivity index (χ0) is 17.5. The number of benzene rings is 3. The topological polar surface area (TPSA) is 51.0 Å². The van der Waals surface area contributed by atoms with Gasteiger partial charge in [0.05, 0.1) is 18.0 Å². The molecular weight excluding hydrogens is 324 g/mol. The van der Waals surface area contributed by atoms with Crippen LogP contribution in [0.25, 0.3) is 16.5 Å². The van der Waals surface area contributed by atoms with Gasteiger partial charge in [0.2, 0.25) is 0 Å². The van der Waals surface area contributed by atoms with Gasteiger partial charge in [0.15, 0.2) is 0 Å². The fraction of sp³-hybridized carbons (Fsp3) is 0.136. The Morgan fingerprint density at radius 3 is 2.77 bits per heavy atom. The Bertz CT molecular complexity index is 1190. The van der Waals surface area contributed by atoms with Crippen LogP contribution in [0.3, 0.4) is 0 Å². The van der Waals surface area contributed by atoms with E-state index in [0.717, 1.165) is 43.8 Å². The van der Waals surface area contributed by atoms with Crippen LogP contribution in [0.2, 0.25) is 0 Å². The molecule has 3 aromatic rings.